The first-order chi connectivity index (χ1) is 6.77. The molecule has 0 aromatic rings. The third kappa shape index (κ3) is 10.2. The maximum atomic E-state index is 5.95. The highest BCUT2D eigenvalue weighted by Gasteiger charge is 2.19. The zero-order chi connectivity index (χ0) is 11.9. The summed E-state index contributed by atoms with van der Waals surface area (Å²) in [6.07, 6.45) is 6.23. The first-order valence-corrected chi connectivity index (χ1v) is 6.41. The van der Waals surface area contributed by atoms with Crippen LogP contribution in [0.4, 0.5) is 0 Å². The molecular weight excluding hydrogens is 184 g/mol. The molecule has 0 bridgehead atoms. The highest BCUT2D eigenvalue weighted by Crippen LogP contribution is 2.23. The van der Waals surface area contributed by atoms with E-state index in [1.807, 2.05) is 0 Å². The summed E-state index contributed by atoms with van der Waals surface area (Å²) in [6.45, 7) is 14.4. The van der Waals surface area contributed by atoms with E-state index in [9.17, 15) is 0 Å². The molecule has 0 saturated carbocycles. The van der Waals surface area contributed by atoms with Gasteiger partial charge in [0, 0.05) is 6.61 Å². The summed E-state index contributed by atoms with van der Waals surface area (Å²) in [7, 11) is 0. The number of ether oxygens (including phenoxy) is 1. The Balaban J connectivity index is 3.64. The lowest BCUT2D eigenvalue weighted by Gasteiger charge is -2.27. The van der Waals surface area contributed by atoms with Crippen LogP contribution in [0.15, 0.2) is 0 Å². The molecule has 0 unspecified atom stereocenters. The van der Waals surface area contributed by atoms with Gasteiger partial charge < -0.3 is 4.74 Å². The lowest BCUT2D eigenvalue weighted by molar-refractivity contribution is -0.0343. The summed E-state index contributed by atoms with van der Waals surface area (Å²) in [4.78, 5) is 0. The lowest BCUT2D eigenvalue weighted by Crippen LogP contribution is -2.26. The number of hydrogen-bond acceptors (Lipinski definition) is 1. The minimum absolute atomic E-state index is 0.0699. The molecule has 0 heterocycles. The Morgan fingerprint density at radius 3 is 1.93 bits per heavy atom. The van der Waals surface area contributed by atoms with E-state index < -0.39 is 0 Å². The van der Waals surface area contributed by atoms with Crippen molar-refractivity contribution >= 4 is 0 Å². The normalized spacial score (nSPS) is 13.2. The van der Waals surface area contributed by atoms with Crippen LogP contribution in [0.1, 0.15) is 73.6 Å². The van der Waals surface area contributed by atoms with Crippen molar-refractivity contribution < 1.29 is 4.74 Å². The van der Waals surface area contributed by atoms with E-state index in [0.29, 0.717) is 5.41 Å². The SMILES string of the molecule is CCCCCC(C)(C)OCCC(C)(C)C. The topological polar surface area (TPSA) is 9.23 Å². The predicted molar refractivity (Wildman–Crippen MR) is 68.2 cm³/mol. The van der Waals surface area contributed by atoms with Crippen molar-refractivity contribution in [1.29, 1.82) is 0 Å². The largest absolute Gasteiger partial charge is 0.376 e. The zero-order valence-corrected chi connectivity index (χ0v) is 11.7. The van der Waals surface area contributed by atoms with E-state index >= 15 is 0 Å². The van der Waals surface area contributed by atoms with Crippen LogP contribution >= 0.6 is 0 Å². The molecule has 0 spiro atoms. The molecule has 0 aromatic carbocycles. The molecule has 92 valence electrons. The fourth-order valence-corrected chi connectivity index (χ4v) is 1.51. The van der Waals surface area contributed by atoms with Crippen molar-refractivity contribution in [2.24, 2.45) is 5.41 Å². The Bertz CT molecular complexity index is 153. The molecule has 1 nitrogen and oxygen atoms in total. The molecule has 0 aromatic heterocycles. The van der Waals surface area contributed by atoms with Crippen molar-refractivity contribution in [3.8, 4) is 0 Å². The maximum absolute atomic E-state index is 5.95. The molecule has 0 rings (SSSR count). The van der Waals surface area contributed by atoms with Gasteiger partial charge >= 0.3 is 0 Å². The number of rotatable bonds is 7. The second kappa shape index (κ2) is 6.52. The molecular formula is C14H30O. The fourth-order valence-electron chi connectivity index (χ4n) is 1.51. The van der Waals surface area contributed by atoms with Gasteiger partial charge in [0.05, 0.1) is 5.60 Å². The van der Waals surface area contributed by atoms with Gasteiger partial charge in [-0.2, -0.15) is 0 Å². The van der Waals surface area contributed by atoms with E-state index in [1.165, 1.54) is 25.7 Å². The summed E-state index contributed by atoms with van der Waals surface area (Å²) >= 11 is 0. The van der Waals surface area contributed by atoms with Crippen molar-refractivity contribution in [3.63, 3.8) is 0 Å². The van der Waals surface area contributed by atoms with E-state index in [1.54, 1.807) is 0 Å². The van der Waals surface area contributed by atoms with Crippen LogP contribution in [-0.2, 0) is 4.74 Å². The quantitative estimate of drug-likeness (QED) is 0.553. The third-order valence-corrected chi connectivity index (χ3v) is 2.73. The van der Waals surface area contributed by atoms with Crippen LogP contribution in [0.2, 0.25) is 0 Å². The second-order valence-electron chi connectivity index (χ2n) is 6.38. The Labute approximate surface area is 96.6 Å². The molecule has 0 radical (unpaired) electrons. The Morgan fingerprint density at radius 2 is 1.47 bits per heavy atom. The Hall–Kier alpha value is -0.0400. The Morgan fingerprint density at radius 1 is 0.867 bits per heavy atom. The van der Waals surface area contributed by atoms with Crippen LogP contribution in [0.25, 0.3) is 0 Å². The molecule has 0 aliphatic rings. The van der Waals surface area contributed by atoms with Crippen molar-refractivity contribution in [3.05, 3.63) is 0 Å². The fraction of sp³-hybridized carbons (Fsp3) is 1.00. The summed E-state index contributed by atoms with van der Waals surface area (Å²) in [5.74, 6) is 0. The minimum Gasteiger partial charge on any atom is -0.376 e. The number of unbranched alkanes of at least 4 members (excludes halogenated alkanes) is 2. The van der Waals surface area contributed by atoms with Crippen LogP contribution in [0.5, 0.6) is 0 Å². The predicted octanol–water partition coefficient (Wildman–Crippen LogP) is 4.80. The second-order valence-corrected chi connectivity index (χ2v) is 6.38. The van der Waals surface area contributed by atoms with Gasteiger partial charge in [0.25, 0.3) is 0 Å². The molecule has 15 heavy (non-hydrogen) atoms. The van der Waals surface area contributed by atoms with Crippen LogP contribution in [-0.4, -0.2) is 12.2 Å². The van der Waals surface area contributed by atoms with Gasteiger partial charge in [-0.15, -0.1) is 0 Å². The lowest BCUT2D eigenvalue weighted by atomic mass is 9.92. The van der Waals surface area contributed by atoms with Crippen molar-refractivity contribution in [1.82, 2.24) is 0 Å². The zero-order valence-electron chi connectivity index (χ0n) is 11.7. The van der Waals surface area contributed by atoms with Gasteiger partial charge in [-0.3, -0.25) is 0 Å². The van der Waals surface area contributed by atoms with Gasteiger partial charge in [-0.1, -0.05) is 47.0 Å². The molecule has 0 aliphatic carbocycles. The van der Waals surface area contributed by atoms with E-state index in [4.69, 9.17) is 4.74 Å². The average molecular weight is 214 g/mol. The molecule has 0 atom stereocenters. The van der Waals surface area contributed by atoms with Crippen LogP contribution in [0, 0.1) is 5.41 Å². The van der Waals surface area contributed by atoms with Crippen molar-refractivity contribution in [2.75, 3.05) is 6.61 Å². The first-order valence-electron chi connectivity index (χ1n) is 6.41. The molecule has 0 amide bonds. The smallest absolute Gasteiger partial charge is 0.0626 e. The molecule has 1 heteroatoms. The molecule has 0 saturated heterocycles. The monoisotopic (exact) mass is 214 g/mol. The van der Waals surface area contributed by atoms with E-state index in [2.05, 4.69) is 41.5 Å². The van der Waals surface area contributed by atoms with Gasteiger partial charge in [0.1, 0.15) is 0 Å². The highest BCUT2D eigenvalue weighted by molar-refractivity contribution is 4.69. The van der Waals surface area contributed by atoms with Crippen LogP contribution < -0.4 is 0 Å². The molecule has 0 aliphatic heterocycles. The standard InChI is InChI=1S/C14H30O/c1-7-8-9-10-14(5,6)15-12-11-13(2,3)4/h7-12H2,1-6H3. The molecule has 0 N–H and O–H groups in total. The van der Waals surface area contributed by atoms with Crippen LogP contribution in [0.3, 0.4) is 0 Å². The maximum Gasteiger partial charge on any atom is 0.0626 e. The summed E-state index contributed by atoms with van der Waals surface area (Å²) in [6, 6.07) is 0. The highest BCUT2D eigenvalue weighted by atomic mass is 16.5. The molecule has 0 fully saturated rings. The van der Waals surface area contributed by atoms with Crippen molar-refractivity contribution in [2.45, 2.75) is 79.2 Å². The average Bonchev–Trinajstić information content (AvgIpc) is 2.01. The van der Waals surface area contributed by atoms with Gasteiger partial charge in [0.2, 0.25) is 0 Å². The van der Waals surface area contributed by atoms with E-state index in [-0.39, 0.29) is 5.60 Å². The van der Waals surface area contributed by atoms with Gasteiger partial charge in [-0.05, 0) is 32.1 Å². The first kappa shape index (κ1) is 15.0. The van der Waals surface area contributed by atoms with Gasteiger partial charge in [-0.25, -0.2) is 0 Å². The number of hydrogen-bond donors (Lipinski definition) is 0. The summed E-state index contributed by atoms with van der Waals surface area (Å²) in [5, 5.41) is 0. The van der Waals surface area contributed by atoms with E-state index in [0.717, 1.165) is 13.0 Å². The minimum atomic E-state index is 0.0699. The third-order valence-electron chi connectivity index (χ3n) is 2.73. The summed E-state index contributed by atoms with van der Waals surface area (Å²) in [5.41, 5.74) is 0.458. The Kier molecular flexibility index (Phi) is 6.51. The summed E-state index contributed by atoms with van der Waals surface area (Å²) < 4.78 is 5.95. The van der Waals surface area contributed by atoms with Gasteiger partial charge in [0.15, 0.2) is 0 Å².